The molecule has 0 aliphatic rings. The maximum absolute atomic E-state index is 12.6. The van der Waals surface area contributed by atoms with Crippen molar-refractivity contribution in [2.75, 3.05) is 19.5 Å². The zero-order valence-corrected chi connectivity index (χ0v) is 12.8. The Balaban J connectivity index is 2.93. The Bertz CT molecular complexity index is 462. The summed E-state index contributed by atoms with van der Waals surface area (Å²) in [5.74, 6) is 0.560. The largest absolute Gasteiger partial charge is 0.495 e. The highest BCUT2D eigenvalue weighted by atomic mass is 31.2. The first-order chi connectivity index (χ1) is 8.90. The number of ether oxygens (including phenoxy) is 1. The quantitative estimate of drug-likeness (QED) is 0.614. The van der Waals surface area contributed by atoms with Crippen LogP contribution in [0.1, 0.15) is 26.3 Å². The molecule has 0 saturated carbocycles. The van der Waals surface area contributed by atoms with Gasteiger partial charge in [0.1, 0.15) is 5.75 Å². The van der Waals surface area contributed by atoms with Crippen molar-refractivity contribution in [2.24, 2.45) is 0 Å². The summed E-state index contributed by atoms with van der Waals surface area (Å²) in [6, 6.07) is 5.28. The van der Waals surface area contributed by atoms with Gasteiger partial charge in [0, 0.05) is 0 Å². The predicted molar refractivity (Wildman–Crippen MR) is 76.6 cm³/mol. The van der Waals surface area contributed by atoms with Gasteiger partial charge in [0.15, 0.2) is 0 Å². The fourth-order valence-corrected chi connectivity index (χ4v) is 3.62. The van der Waals surface area contributed by atoms with Gasteiger partial charge in [0.05, 0.1) is 31.7 Å². The summed E-state index contributed by atoms with van der Waals surface area (Å²) < 4.78 is 28.5. The molecule has 0 radical (unpaired) electrons. The highest BCUT2D eigenvalue weighted by molar-refractivity contribution is 7.53. The lowest BCUT2D eigenvalue weighted by Gasteiger charge is -2.20. The van der Waals surface area contributed by atoms with Crippen molar-refractivity contribution in [3.63, 3.8) is 0 Å². The fourth-order valence-electron chi connectivity index (χ4n) is 1.71. The molecule has 0 bridgehead atoms. The highest BCUT2D eigenvalue weighted by Gasteiger charge is 2.26. The van der Waals surface area contributed by atoms with Crippen LogP contribution in [0.4, 0.5) is 5.69 Å². The highest BCUT2D eigenvalue weighted by Crippen LogP contribution is 2.52. The normalized spacial score (nSPS) is 14.4. The number of rotatable bonds is 7. The van der Waals surface area contributed by atoms with Crippen LogP contribution in [0, 0.1) is 0 Å². The number of benzene rings is 1. The molecule has 0 spiro atoms. The molecule has 19 heavy (non-hydrogen) atoms. The van der Waals surface area contributed by atoms with E-state index in [0.717, 1.165) is 5.56 Å². The first kappa shape index (κ1) is 16.0. The van der Waals surface area contributed by atoms with Gasteiger partial charge >= 0.3 is 7.60 Å². The Hall–Kier alpha value is -1.03. The third-order valence-electron chi connectivity index (χ3n) is 2.37. The van der Waals surface area contributed by atoms with Gasteiger partial charge < -0.3 is 19.5 Å². The van der Waals surface area contributed by atoms with Crippen LogP contribution in [0.2, 0.25) is 0 Å². The van der Waals surface area contributed by atoms with Crippen LogP contribution in [0.5, 0.6) is 5.75 Å². The van der Waals surface area contributed by atoms with Crippen molar-refractivity contribution >= 4 is 13.3 Å². The van der Waals surface area contributed by atoms with Crippen molar-refractivity contribution in [1.82, 2.24) is 0 Å². The number of hydrogen-bond donors (Lipinski definition) is 1. The molecule has 0 amide bonds. The zero-order valence-electron chi connectivity index (χ0n) is 11.9. The molecule has 5 nitrogen and oxygen atoms in total. The van der Waals surface area contributed by atoms with Gasteiger partial charge in [-0.3, -0.25) is 4.57 Å². The van der Waals surface area contributed by atoms with Crippen LogP contribution >= 0.6 is 7.60 Å². The molecule has 0 aliphatic heterocycles. The summed E-state index contributed by atoms with van der Waals surface area (Å²) in [5, 5.41) is 0. The molecule has 1 unspecified atom stereocenters. The Morgan fingerprint density at radius 3 is 2.58 bits per heavy atom. The standard InChI is InChI=1S/C13H22NO4P/c1-5-17-19(15,18-10(2)3)9-11-6-7-12(14)13(8-11)16-4/h6-8,10H,5,9,14H2,1-4H3. The molecule has 1 atom stereocenters. The monoisotopic (exact) mass is 287 g/mol. The molecule has 6 heteroatoms. The second-order valence-electron chi connectivity index (χ2n) is 4.42. The molecule has 0 heterocycles. The second kappa shape index (κ2) is 6.94. The van der Waals surface area contributed by atoms with Crippen LogP contribution in [-0.2, 0) is 19.8 Å². The minimum absolute atomic E-state index is 0.159. The van der Waals surface area contributed by atoms with E-state index in [2.05, 4.69) is 0 Å². The van der Waals surface area contributed by atoms with E-state index in [4.69, 9.17) is 19.5 Å². The molecule has 0 fully saturated rings. The second-order valence-corrected chi connectivity index (χ2v) is 6.42. The molecule has 1 aromatic rings. The van der Waals surface area contributed by atoms with E-state index in [0.29, 0.717) is 18.0 Å². The van der Waals surface area contributed by atoms with Gasteiger partial charge in [-0.1, -0.05) is 6.07 Å². The van der Waals surface area contributed by atoms with E-state index >= 15 is 0 Å². The Morgan fingerprint density at radius 2 is 2.05 bits per heavy atom. The Labute approximate surface area is 114 Å². The van der Waals surface area contributed by atoms with Crippen LogP contribution in [0.15, 0.2) is 18.2 Å². The molecule has 2 N–H and O–H groups in total. The van der Waals surface area contributed by atoms with Gasteiger partial charge in [-0.05, 0) is 38.5 Å². The van der Waals surface area contributed by atoms with Crippen molar-refractivity contribution in [3.8, 4) is 5.75 Å². The topological polar surface area (TPSA) is 70.8 Å². The molecule has 0 saturated heterocycles. The number of anilines is 1. The minimum Gasteiger partial charge on any atom is -0.495 e. The van der Waals surface area contributed by atoms with E-state index in [1.807, 2.05) is 13.8 Å². The minimum atomic E-state index is -3.14. The van der Waals surface area contributed by atoms with E-state index in [-0.39, 0.29) is 12.3 Å². The maximum atomic E-state index is 12.6. The van der Waals surface area contributed by atoms with Gasteiger partial charge in [0.2, 0.25) is 0 Å². The summed E-state index contributed by atoms with van der Waals surface area (Å²) >= 11 is 0. The molecular formula is C13H22NO4P. The fraction of sp³-hybridized carbons (Fsp3) is 0.538. The van der Waals surface area contributed by atoms with Gasteiger partial charge in [-0.15, -0.1) is 0 Å². The third kappa shape index (κ3) is 4.86. The van der Waals surface area contributed by atoms with E-state index in [1.165, 1.54) is 0 Å². The lowest BCUT2D eigenvalue weighted by atomic mass is 10.2. The summed E-state index contributed by atoms with van der Waals surface area (Å²) in [4.78, 5) is 0. The maximum Gasteiger partial charge on any atom is 0.335 e. The average Bonchev–Trinajstić information content (AvgIpc) is 2.30. The lowest BCUT2D eigenvalue weighted by molar-refractivity contribution is 0.172. The molecule has 1 rings (SSSR count). The van der Waals surface area contributed by atoms with E-state index in [9.17, 15) is 4.57 Å². The molecule has 1 aromatic carbocycles. The summed E-state index contributed by atoms with van der Waals surface area (Å²) in [6.45, 7) is 5.79. The SMILES string of the molecule is CCOP(=O)(Cc1ccc(N)c(OC)c1)OC(C)C. The van der Waals surface area contributed by atoms with Crippen LogP contribution in [0.25, 0.3) is 0 Å². The summed E-state index contributed by atoms with van der Waals surface area (Å²) in [7, 11) is -1.60. The predicted octanol–water partition coefficient (Wildman–Crippen LogP) is 3.43. The van der Waals surface area contributed by atoms with Gasteiger partial charge in [0.25, 0.3) is 0 Å². The van der Waals surface area contributed by atoms with E-state index in [1.54, 1.807) is 32.2 Å². The summed E-state index contributed by atoms with van der Waals surface area (Å²) in [6.07, 6.45) is 0.0448. The number of nitrogen functional groups attached to an aromatic ring is 1. The first-order valence-corrected chi connectivity index (χ1v) is 7.97. The smallest absolute Gasteiger partial charge is 0.335 e. The number of nitrogens with two attached hydrogens (primary N) is 1. The molecule has 0 aliphatic carbocycles. The molecule has 108 valence electrons. The average molecular weight is 287 g/mol. The van der Waals surface area contributed by atoms with E-state index < -0.39 is 7.60 Å². The van der Waals surface area contributed by atoms with Crippen molar-refractivity contribution < 1.29 is 18.3 Å². The van der Waals surface area contributed by atoms with Crippen molar-refractivity contribution in [1.29, 1.82) is 0 Å². The number of methoxy groups -OCH3 is 1. The first-order valence-electron chi connectivity index (χ1n) is 6.24. The summed E-state index contributed by atoms with van der Waals surface area (Å²) in [5.41, 5.74) is 7.10. The molecule has 0 aromatic heterocycles. The van der Waals surface area contributed by atoms with Gasteiger partial charge in [-0.25, -0.2) is 0 Å². The van der Waals surface area contributed by atoms with Crippen LogP contribution in [0.3, 0.4) is 0 Å². The Morgan fingerprint density at radius 1 is 1.37 bits per heavy atom. The third-order valence-corrected chi connectivity index (χ3v) is 4.52. The number of hydrogen-bond acceptors (Lipinski definition) is 5. The zero-order chi connectivity index (χ0) is 14.5. The van der Waals surface area contributed by atoms with Crippen molar-refractivity contribution in [2.45, 2.75) is 33.0 Å². The van der Waals surface area contributed by atoms with Crippen LogP contribution in [-0.4, -0.2) is 19.8 Å². The van der Waals surface area contributed by atoms with Crippen molar-refractivity contribution in [3.05, 3.63) is 23.8 Å². The molecular weight excluding hydrogens is 265 g/mol. The van der Waals surface area contributed by atoms with Gasteiger partial charge in [-0.2, -0.15) is 0 Å². The Kier molecular flexibility index (Phi) is 5.85. The lowest BCUT2D eigenvalue weighted by Crippen LogP contribution is -2.05. The van der Waals surface area contributed by atoms with Crippen LogP contribution < -0.4 is 10.5 Å².